The lowest BCUT2D eigenvalue weighted by molar-refractivity contribution is 0.324. The van der Waals surface area contributed by atoms with Crippen LogP contribution in [-0.4, -0.2) is 26.3 Å². The molecule has 108 valence electrons. The summed E-state index contributed by atoms with van der Waals surface area (Å²) in [7, 11) is 4.72. The zero-order chi connectivity index (χ0) is 14.8. The van der Waals surface area contributed by atoms with Crippen LogP contribution in [0.3, 0.4) is 0 Å². The Morgan fingerprint density at radius 2 is 1.62 bits per heavy atom. The molecule has 0 radical (unpaired) electrons. The van der Waals surface area contributed by atoms with Crippen LogP contribution in [-0.2, 0) is 0 Å². The summed E-state index contributed by atoms with van der Waals surface area (Å²) in [5.41, 5.74) is 2.24. The van der Waals surface area contributed by atoms with Gasteiger partial charge in [0.15, 0.2) is 17.1 Å². The highest BCUT2D eigenvalue weighted by atomic mass is 16.5. The zero-order valence-electron chi connectivity index (χ0n) is 12.0. The fourth-order valence-electron chi connectivity index (χ4n) is 2.26. The highest BCUT2D eigenvalue weighted by molar-refractivity contribution is 5.79. The number of rotatable bonds is 4. The molecular weight excluding hydrogens is 270 g/mol. The summed E-state index contributed by atoms with van der Waals surface area (Å²) in [5.74, 6) is 2.12. The van der Waals surface area contributed by atoms with Crippen molar-refractivity contribution in [2.75, 3.05) is 21.3 Å². The van der Waals surface area contributed by atoms with Crippen molar-refractivity contribution in [3.8, 4) is 28.7 Å². The molecule has 5 nitrogen and oxygen atoms in total. The minimum Gasteiger partial charge on any atom is -0.493 e. The van der Waals surface area contributed by atoms with Crippen molar-refractivity contribution in [3.05, 3.63) is 36.4 Å². The van der Waals surface area contributed by atoms with Crippen molar-refractivity contribution in [2.24, 2.45) is 0 Å². The maximum Gasteiger partial charge on any atom is 0.231 e. The van der Waals surface area contributed by atoms with E-state index in [2.05, 4.69) is 4.98 Å². The number of methoxy groups -OCH3 is 3. The normalized spacial score (nSPS) is 10.6. The molecule has 0 N–H and O–H groups in total. The van der Waals surface area contributed by atoms with E-state index in [-0.39, 0.29) is 0 Å². The van der Waals surface area contributed by atoms with Crippen molar-refractivity contribution < 1.29 is 18.6 Å². The molecule has 0 bridgehead atoms. The van der Waals surface area contributed by atoms with Crippen molar-refractivity contribution >= 4 is 11.1 Å². The van der Waals surface area contributed by atoms with Crippen LogP contribution in [0.5, 0.6) is 17.2 Å². The molecule has 0 saturated carbocycles. The van der Waals surface area contributed by atoms with Crippen molar-refractivity contribution in [1.29, 1.82) is 0 Å². The zero-order valence-corrected chi connectivity index (χ0v) is 12.0. The van der Waals surface area contributed by atoms with Crippen LogP contribution >= 0.6 is 0 Å². The summed E-state index contributed by atoms with van der Waals surface area (Å²) in [6.07, 6.45) is 0. The molecule has 0 aliphatic rings. The van der Waals surface area contributed by atoms with Gasteiger partial charge >= 0.3 is 0 Å². The summed E-state index contributed by atoms with van der Waals surface area (Å²) >= 11 is 0. The second-order valence-electron chi connectivity index (χ2n) is 4.37. The second-order valence-corrected chi connectivity index (χ2v) is 4.37. The van der Waals surface area contributed by atoms with Crippen LogP contribution in [0.2, 0.25) is 0 Å². The number of hydrogen-bond acceptors (Lipinski definition) is 5. The summed E-state index contributed by atoms with van der Waals surface area (Å²) in [4.78, 5) is 4.48. The first-order valence-corrected chi connectivity index (χ1v) is 6.43. The summed E-state index contributed by atoms with van der Waals surface area (Å²) in [6.45, 7) is 0. The Morgan fingerprint density at radius 1 is 0.857 bits per heavy atom. The van der Waals surface area contributed by atoms with Crippen molar-refractivity contribution in [1.82, 2.24) is 4.98 Å². The first kappa shape index (κ1) is 13.3. The molecule has 1 heterocycles. The van der Waals surface area contributed by atoms with Gasteiger partial charge in [0.2, 0.25) is 11.6 Å². The lowest BCUT2D eigenvalue weighted by atomic mass is 10.1. The molecule has 0 aliphatic heterocycles. The molecule has 3 rings (SSSR count). The minimum absolute atomic E-state index is 0.481. The van der Waals surface area contributed by atoms with Crippen LogP contribution in [0.25, 0.3) is 22.6 Å². The molecule has 0 saturated heterocycles. The Labute approximate surface area is 122 Å². The standard InChI is InChI=1S/C16H15NO4/c1-18-13-9-8-10(14(19-2)15(13)20-3)16-17-11-6-4-5-7-12(11)21-16/h4-9H,1-3H3. The average Bonchev–Trinajstić information content (AvgIpc) is 2.96. The lowest BCUT2D eigenvalue weighted by Crippen LogP contribution is -1.96. The smallest absolute Gasteiger partial charge is 0.231 e. The van der Waals surface area contributed by atoms with Gasteiger partial charge in [-0.25, -0.2) is 4.98 Å². The average molecular weight is 285 g/mol. The molecule has 0 aliphatic carbocycles. The van der Waals surface area contributed by atoms with Gasteiger partial charge in [0, 0.05) is 0 Å². The molecule has 5 heteroatoms. The van der Waals surface area contributed by atoms with Crippen LogP contribution in [0.1, 0.15) is 0 Å². The molecular formula is C16H15NO4. The van der Waals surface area contributed by atoms with E-state index in [1.807, 2.05) is 30.3 Å². The van der Waals surface area contributed by atoms with E-state index < -0.39 is 0 Å². The van der Waals surface area contributed by atoms with Crippen LogP contribution in [0.4, 0.5) is 0 Å². The Kier molecular flexibility index (Phi) is 3.39. The monoisotopic (exact) mass is 285 g/mol. The molecule has 3 aromatic rings. The van der Waals surface area contributed by atoms with E-state index in [9.17, 15) is 0 Å². The molecule has 21 heavy (non-hydrogen) atoms. The molecule has 0 fully saturated rings. The number of benzene rings is 2. The van der Waals surface area contributed by atoms with Gasteiger partial charge in [0.1, 0.15) is 5.52 Å². The third-order valence-electron chi connectivity index (χ3n) is 3.23. The molecule has 0 spiro atoms. The summed E-state index contributed by atoms with van der Waals surface area (Å²) in [6, 6.07) is 11.2. The molecule has 0 amide bonds. The van der Waals surface area contributed by atoms with E-state index in [0.717, 1.165) is 11.1 Å². The quantitative estimate of drug-likeness (QED) is 0.734. The maximum absolute atomic E-state index is 5.78. The molecule has 0 unspecified atom stereocenters. The molecule has 2 aromatic carbocycles. The summed E-state index contributed by atoms with van der Waals surface area (Å²) in [5, 5.41) is 0. The number of ether oxygens (including phenoxy) is 3. The van der Waals surface area contributed by atoms with Crippen molar-refractivity contribution in [2.45, 2.75) is 0 Å². The van der Waals surface area contributed by atoms with Gasteiger partial charge in [0.05, 0.1) is 26.9 Å². The van der Waals surface area contributed by atoms with E-state index >= 15 is 0 Å². The third-order valence-corrected chi connectivity index (χ3v) is 3.23. The predicted octanol–water partition coefficient (Wildman–Crippen LogP) is 3.52. The SMILES string of the molecule is COc1ccc(-c2nc3ccccc3o2)c(OC)c1OC. The van der Waals surface area contributed by atoms with Gasteiger partial charge in [-0.3, -0.25) is 0 Å². The van der Waals surface area contributed by atoms with Gasteiger partial charge in [-0.05, 0) is 24.3 Å². The number of oxazole rings is 1. The van der Waals surface area contributed by atoms with Crippen LogP contribution < -0.4 is 14.2 Å². The maximum atomic E-state index is 5.78. The fraction of sp³-hybridized carbons (Fsp3) is 0.188. The number of fused-ring (bicyclic) bond motifs is 1. The van der Waals surface area contributed by atoms with Crippen LogP contribution in [0.15, 0.2) is 40.8 Å². The largest absolute Gasteiger partial charge is 0.493 e. The number of aromatic nitrogens is 1. The number of nitrogens with zero attached hydrogens (tertiary/aromatic N) is 1. The predicted molar refractivity (Wildman–Crippen MR) is 79.1 cm³/mol. The Bertz CT molecular complexity index is 746. The topological polar surface area (TPSA) is 53.7 Å². The first-order valence-electron chi connectivity index (χ1n) is 6.43. The van der Waals surface area contributed by atoms with Gasteiger partial charge in [-0.15, -0.1) is 0 Å². The van der Waals surface area contributed by atoms with Gasteiger partial charge in [-0.2, -0.15) is 0 Å². The minimum atomic E-state index is 0.481. The van der Waals surface area contributed by atoms with Crippen LogP contribution in [0, 0.1) is 0 Å². The first-order chi connectivity index (χ1) is 10.3. The van der Waals surface area contributed by atoms with E-state index in [1.165, 1.54) is 0 Å². The van der Waals surface area contributed by atoms with E-state index in [0.29, 0.717) is 28.7 Å². The van der Waals surface area contributed by atoms with Gasteiger partial charge in [-0.1, -0.05) is 12.1 Å². The third kappa shape index (κ3) is 2.16. The summed E-state index contributed by atoms with van der Waals surface area (Å²) < 4.78 is 21.9. The Hall–Kier alpha value is -2.69. The number of hydrogen-bond donors (Lipinski definition) is 0. The highest BCUT2D eigenvalue weighted by Gasteiger charge is 2.20. The number of para-hydroxylation sites is 2. The van der Waals surface area contributed by atoms with E-state index in [4.69, 9.17) is 18.6 Å². The Balaban J connectivity index is 2.21. The molecule has 1 aromatic heterocycles. The van der Waals surface area contributed by atoms with Crippen molar-refractivity contribution in [3.63, 3.8) is 0 Å². The lowest BCUT2D eigenvalue weighted by Gasteiger charge is -2.13. The van der Waals surface area contributed by atoms with E-state index in [1.54, 1.807) is 27.4 Å². The Morgan fingerprint density at radius 3 is 2.29 bits per heavy atom. The second kappa shape index (κ2) is 5.36. The highest BCUT2D eigenvalue weighted by Crippen LogP contribution is 2.44. The van der Waals surface area contributed by atoms with Gasteiger partial charge < -0.3 is 18.6 Å². The fourth-order valence-corrected chi connectivity index (χ4v) is 2.26. The van der Waals surface area contributed by atoms with Gasteiger partial charge in [0.25, 0.3) is 0 Å². The molecule has 0 atom stereocenters.